The molecule has 84 valence electrons. The Morgan fingerprint density at radius 3 is 2.93 bits per heavy atom. The molecule has 1 rings (SSSR count). The van der Waals surface area contributed by atoms with Gasteiger partial charge in [-0.1, -0.05) is 0 Å². The molecule has 0 radical (unpaired) electrons. The molecule has 3 N–H and O–H groups in total. The van der Waals surface area contributed by atoms with E-state index in [9.17, 15) is 0 Å². The third kappa shape index (κ3) is 4.55. The quantitative estimate of drug-likeness (QED) is 0.524. The van der Waals surface area contributed by atoms with Gasteiger partial charge >= 0.3 is 0 Å². The van der Waals surface area contributed by atoms with Crippen molar-refractivity contribution in [3.05, 3.63) is 16.6 Å². The van der Waals surface area contributed by atoms with Crippen LogP contribution in [0.5, 0.6) is 0 Å². The van der Waals surface area contributed by atoms with Crippen LogP contribution in [0.25, 0.3) is 0 Å². The van der Waals surface area contributed by atoms with E-state index in [0.717, 1.165) is 25.3 Å². The number of rotatable bonds is 5. The van der Waals surface area contributed by atoms with Gasteiger partial charge in [0.15, 0.2) is 5.11 Å². The summed E-state index contributed by atoms with van der Waals surface area (Å²) in [4.78, 5) is 0. The van der Waals surface area contributed by atoms with Crippen LogP contribution in [0, 0.1) is 6.92 Å². The number of aryl methyl sites for hydroxylation is 1. The molecule has 4 nitrogen and oxygen atoms in total. The SMILES string of the molecule is CNC(=S)NCCNCc1csnc1C. The Hall–Kier alpha value is -0.720. The lowest BCUT2D eigenvalue weighted by Crippen LogP contribution is -2.37. The lowest BCUT2D eigenvalue weighted by Gasteiger charge is -2.07. The fourth-order valence-electron chi connectivity index (χ4n) is 1.06. The molecule has 15 heavy (non-hydrogen) atoms. The van der Waals surface area contributed by atoms with Crippen LogP contribution in [0.3, 0.4) is 0 Å². The van der Waals surface area contributed by atoms with E-state index >= 15 is 0 Å². The molecule has 0 bridgehead atoms. The number of hydrogen-bond donors (Lipinski definition) is 3. The maximum Gasteiger partial charge on any atom is 0.166 e. The molecule has 6 heteroatoms. The first kappa shape index (κ1) is 12.4. The first-order valence-corrected chi connectivity index (χ1v) is 6.04. The van der Waals surface area contributed by atoms with Crippen LogP contribution in [0.2, 0.25) is 0 Å². The summed E-state index contributed by atoms with van der Waals surface area (Å²) >= 11 is 6.45. The van der Waals surface area contributed by atoms with E-state index in [2.05, 4.69) is 25.7 Å². The summed E-state index contributed by atoms with van der Waals surface area (Å²) in [5.74, 6) is 0. The van der Waals surface area contributed by atoms with Crippen molar-refractivity contribution < 1.29 is 0 Å². The summed E-state index contributed by atoms with van der Waals surface area (Å²) in [6.45, 7) is 4.62. The lowest BCUT2D eigenvalue weighted by atomic mass is 10.3. The molecule has 0 aliphatic rings. The van der Waals surface area contributed by atoms with Gasteiger partial charge in [-0.25, -0.2) is 0 Å². The Kier molecular flexibility index (Phi) is 5.52. The Labute approximate surface area is 99.6 Å². The molecule has 0 aliphatic heterocycles. The number of thiocarbonyl (C=S) groups is 1. The monoisotopic (exact) mass is 244 g/mol. The molecular weight excluding hydrogens is 228 g/mol. The average Bonchev–Trinajstić information content (AvgIpc) is 2.63. The Bertz CT molecular complexity index is 311. The van der Waals surface area contributed by atoms with Crippen LogP contribution in [-0.4, -0.2) is 29.6 Å². The molecule has 0 spiro atoms. The zero-order valence-electron chi connectivity index (χ0n) is 8.96. The van der Waals surface area contributed by atoms with Gasteiger partial charge in [-0.2, -0.15) is 4.37 Å². The topological polar surface area (TPSA) is 49.0 Å². The molecule has 0 fully saturated rings. The molecule has 0 aromatic carbocycles. The second-order valence-electron chi connectivity index (χ2n) is 3.11. The minimum Gasteiger partial charge on any atom is -0.366 e. The van der Waals surface area contributed by atoms with Gasteiger partial charge in [0.25, 0.3) is 0 Å². The van der Waals surface area contributed by atoms with Gasteiger partial charge in [-0.15, -0.1) is 0 Å². The number of aromatic nitrogens is 1. The van der Waals surface area contributed by atoms with Gasteiger partial charge in [0, 0.05) is 32.1 Å². The zero-order chi connectivity index (χ0) is 11.1. The number of nitrogens with one attached hydrogen (secondary N) is 3. The van der Waals surface area contributed by atoms with Crippen LogP contribution >= 0.6 is 23.8 Å². The highest BCUT2D eigenvalue weighted by atomic mass is 32.1. The summed E-state index contributed by atoms with van der Waals surface area (Å²) in [6.07, 6.45) is 0. The Morgan fingerprint density at radius 1 is 1.53 bits per heavy atom. The number of nitrogens with zero attached hydrogens (tertiary/aromatic N) is 1. The van der Waals surface area contributed by atoms with Gasteiger partial charge in [0.05, 0.1) is 5.69 Å². The van der Waals surface area contributed by atoms with Crippen molar-refractivity contribution in [1.82, 2.24) is 20.3 Å². The molecule has 0 atom stereocenters. The van der Waals surface area contributed by atoms with E-state index in [0.29, 0.717) is 5.11 Å². The van der Waals surface area contributed by atoms with Crippen LogP contribution in [0.1, 0.15) is 11.3 Å². The smallest absolute Gasteiger partial charge is 0.166 e. The van der Waals surface area contributed by atoms with Crippen molar-refractivity contribution in [2.75, 3.05) is 20.1 Å². The highest BCUT2D eigenvalue weighted by Crippen LogP contribution is 2.07. The van der Waals surface area contributed by atoms with E-state index < -0.39 is 0 Å². The van der Waals surface area contributed by atoms with Crippen molar-refractivity contribution in [2.45, 2.75) is 13.5 Å². The molecule has 0 aliphatic carbocycles. The van der Waals surface area contributed by atoms with Crippen molar-refractivity contribution in [2.24, 2.45) is 0 Å². The molecule has 0 saturated carbocycles. The van der Waals surface area contributed by atoms with Gasteiger partial charge in [0.1, 0.15) is 0 Å². The minimum absolute atomic E-state index is 0.685. The predicted molar refractivity (Wildman–Crippen MR) is 68.2 cm³/mol. The maximum absolute atomic E-state index is 4.95. The molecule has 1 heterocycles. The van der Waals surface area contributed by atoms with Crippen molar-refractivity contribution in [1.29, 1.82) is 0 Å². The number of hydrogen-bond acceptors (Lipinski definition) is 4. The maximum atomic E-state index is 4.95. The van der Waals surface area contributed by atoms with Gasteiger partial charge in [0.2, 0.25) is 0 Å². The summed E-state index contributed by atoms with van der Waals surface area (Å²) in [5.41, 5.74) is 2.39. The minimum atomic E-state index is 0.685. The van der Waals surface area contributed by atoms with Crippen LogP contribution in [0.4, 0.5) is 0 Å². The molecular formula is C9H16N4S2. The normalized spacial score (nSPS) is 10.0. The highest BCUT2D eigenvalue weighted by Gasteiger charge is 1.99. The summed E-state index contributed by atoms with van der Waals surface area (Å²) in [6, 6.07) is 0. The van der Waals surface area contributed by atoms with Gasteiger partial charge in [-0.3, -0.25) is 0 Å². The Balaban J connectivity index is 2.07. The average molecular weight is 244 g/mol. The first-order valence-electron chi connectivity index (χ1n) is 4.80. The molecule has 1 aromatic rings. The van der Waals surface area contributed by atoms with Crippen molar-refractivity contribution >= 4 is 28.9 Å². The molecule has 0 amide bonds. The van der Waals surface area contributed by atoms with Gasteiger partial charge in [-0.05, 0) is 36.2 Å². The fourth-order valence-corrected chi connectivity index (χ4v) is 1.87. The largest absolute Gasteiger partial charge is 0.366 e. The summed E-state index contributed by atoms with van der Waals surface area (Å²) in [5, 5.41) is 12.0. The van der Waals surface area contributed by atoms with E-state index in [1.165, 1.54) is 17.1 Å². The van der Waals surface area contributed by atoms with Crippen LogP contribution in [-0.2, 0) is 6.54 Å². The zero-order valence-corrected chi connectivity index (χ0v) is 10.6. The van der Waals surface area contributed by atoms with Gasteiger partial charge < -0.3 is 16.0 Å². The Morgan fingerprint density at radius 2 is 2.33 bits per heavy atom. The second-order valence-corrected chi connectivity index (χ2v) is 4.15. The van der Waals surface area contributed by atoms with Crippen molar-refractivity contribution in [3.8, 4) is 0 Å². The van der Waals surface area contributed by atoms with E-state index in [-0.39, 0.29) is 0 Å². The van der Waals surface area contributed by atoms with Crippen molar-refractivity contribution in [3.63, 3.8) is 0 Å². The summed E-state index contributed by atoms with van der Waals surface area (Å²) in [7, 11) is 1.81. The fraction of sp³-hybridized carbons (Fsp3) is 0.556. The molecule has 0 unspecified atom stereocenters. The van der Waals surface area contributed by atoms with Crippen LogP contribution in [0.15, 0.2) is 5.38 Å². The van der Waals surface area contributed by atoms with E-state index in [1.807, 2.05) is 14.0 Å². The highest BCUT2D eigenvalue weighted by molar-refractivity contribution is 7.80. The lowest BCUT2D eigenvalue weighted by molar-refractivity contribution is 0.668. The first-order chi connectivity index (χ1) is 7.24. The standard InChI is InChI=1S/C9H16N4S2/c1-7-8(6-15-13-7)5-11-3-4-12-9(14)10-2/h6,11H,3-5H2,1-2H3,(H2,10,12,14). The van der Waals surface area contributed by atoms with Crippen LogP contribution < -0.4 is 16.0 Å². The second kappa shape index (κ2) is 6.71. The predicted octanol–water partition coefficient (Wildman–Crippen LogP) is 0.635. The van der Waals surface area contributed by atoms with E-state index in [4.69, 9.17) is 12.2 Å². The third-order valence-electron chi connectivity index (χ3n) is 1.98. The molecule has 1 aromatic heterocycles. The third-order valence-corrected chi connectivity index (χ3v) is 3.10. The molecule has 0 saturated heterocycles. The van der Waals surface area contributed by atoms with E-state index in [1.54, 1.807) is 0 Å². The summed E-state index contributed by atoms with van der Waals surface area (Å²) < 4.78 is 4.21.